The Bertz CT molecular complexity index is 1090. The van der Waals surface area contributed by atoms with Crippen LogP contribution in [0.5, 0.6) is 0 Å². The third-order valence-electron chi connectivity index (χ3n) is 4.36. The number of aryl methyl sites for hydroxylation is 1. The van der Waals surface area contributed by atoms with Crippen LogP contribution in [0.4, 0.5) is 10.1 Å². The topological polar surface area (TPSA) is 98.3 Å². The van der Waals surface area contributed by atoms with Gasteiger partial charge in [-0.3, -0.25) is 14.4 Å². The molecule has 3 rings (SSSR count). The molecule has 8 heteroatoms. The molecule has 0 saturated carbocycles. The predicted molar refractivity (Wildman–Crippen MR) is 103 cm³/mol. The molecule has 0 saturated heterocycles. The van der Waals surface area contributed by atoms with E-state index in [0.29, 0.717) is 16.8 Å². The Hall–Kier alpha value is -3.55. The maximum absolute atomic E-state index is 13.2. The van der Waals surface area contributed by atoms with Crippen LogP contribution in [-0.2, 0) is 16.1 Å². The summed E-state index contributed by atoms with van der Waals surface area (Å²) in [6.07, 6.45) is -0.0673. The van der Waals surface area contributed by atoms with E-state index in [0.717, 1.165) is 10.1 Å². The summed E-state index contributed by atoms with van der Waals surface area (Å²) in [4.78, 5) is 38.0. The molecule has 7 nitrogen and oxygen atoms in total. The van der Waals surface area contributed by atoms with E-state index < -0.39 is 17.6 Å². The minimum Gasteiger partial charge on any atom is -0.370 e. The van der Waals surface area contributed by atoms with Gasteiger partial charge in [0.1, 0.15) is 12.4 Å². The molecule has 2 aromatic carbocycles. The smallest absolute Gasteiger partial charge is 0.275 e. The fourth-order valence-electron chi connectivity index (χ4n) is 2.97. The molecule has 3 aromatic rings. The first kappa shape index (κ1) is 19.2. The largest absolute Gasteiger partial charge is 0.370 e. The molecule has 0 radical (unpaired) electrons. The molecule has 0 spiro atoms. The Balaban J connectivity index is 1.94. The number of aromatic nitrogens is 2. The van der Waals surface area contributed by atoms with Gasteiger partial charge in [-0.1, -0.05) is 18.2 Å². The number of halogens is 1. The average Bonchev–Trinajstić information content (AvgIpc) is 2.67. The molecule has 1 heterocycles. The van der Waals surface area contributed by atoms with Crippen LogP contribution in [0.3, 0.4) is 0 Å². The van der Waals surface area contributed by atoms with Crippen LogP contribution >= 0.6 is 0 Å². The van der Waals surface area contributed by atoms with Crippen molar-refractivity contribution >= 4 is 28.3 Å². The summed E-state index contributed by atoms with van der Waals surface area (Å²) in [5.41, 5.74) is 5.83. The van der Waals surface area contributed by atoms with Gasteiger partial charge in [-0.2, -0.15) is 5.10 Å². The van der Waals surface area contributed by atoms with Crippen molar-refractivity contribution in [3.63, 3.8) is 0 Å². The first-order valence-corrected chi connectivity index (χ1v) is 8.67. The molecule has 0 aliphatic carbocycles. The third-order valence-corrected chi connectivity index (χ3v) is 4.36. The average molecular weight is 382 g/mol. The number of nitrogens with zero attached hydrogens (tertiary/aromatic N) is 3. The van der Waals surface area contributed by atoms with E-state index in [1.54, 1.807) is 25.1 Å². The lowest BCUT2D eigenvalue weighted by atomic mass is 10.1. The van der Waals surface area contributed by atoms with Crippen LogP contribution in [0.25, 0.3) is 10.8 Å². The first-order valence-electron chi connectivity index (χ1n) is 8.67. The highest BCUT2D eigenvalue weighted by Crippen LogP contribution is 2.17. The predicted octanol–water partition coefficient (Wildman–Crippen LogP) is 1.75. The van der Waals surface area contributed by atoms with Crippen molar-refractivity contribution in [1.82, 2.24) is 9.78 Å². The highest BCUT2D eigenvalue weighted by molar-refractivity contribution is 5.94. The van der Waals surface area contributed by atoms with Crippen molar-refractivity contribution in [2.24, 2.45) is 5.73 Å². The molecule has 0 atom stereocenters. The molecule has 0 fully saturated rings. The zero-order valence-corrected chi connectivity index (χ0v) is 15.3. The minimum absolute atomic E-state index is 0.0150. The molecule has 2 amide bonds. The van der Waals surface area contributed by atoms with E-state index in [2.05, 4.69) is 5.10 Å². The zero-order chi connectivity index (χ0) is 20.3. The Kier molecular flexibility index (Phi) is 5.49. The first-order chi connectivity index (χ1) is 13.4. The van der Waals surface area contributed by atoms with Crippen molar-refractivity contribution in [3.05, 3.63) is 70.4 Å². The van der Waals surface area contributed by atoms with E-state index in [9.17, 15) is 18.8 Å². The number of primary amides is 1. The maximum atomic E-state index is 13.2. The second-order valence-electron chi connectivity index (χ2n) is 6.33. The zero-order valence-electron chi connectivity index (χ0n) is 15.3. The Morgan fingerprint density at radius 2 is 1.75 bits per heavy atom. The SMILES string of the molecule is Cc1nn(CC(=O)N(CCC(N)=O)c2ccc(F)cc2)c(=O)c2ccccc12. The minimum atomic E-state index is -0.572. The van der Waals surface area contributed by atoms with Crippen LogP contribution in [0.15, 0.2) is 53.3 Å². The van der Waals surface area contributed by atoms with Gasteiger partial charge < -0.3 is 10.6 Å². The third kappa shape index (κ3) is 4.06. The van der Waals surface area contributed by atoms with Crippen molar-refractivity contribution in [2.45, 2.75) is 19.9 Å². The van der Waals surface area contributed by atoms with Crippen LogP contribution < -0.4 is 16.2 Å². The van der Waals surface area contributed by atoms with Gasteiger partial charge in [0.05, 0.1) is 11.1 Å². The number of hydrogen-bond donors (Lipinski definition) is 1. The number of hydrogen-bond acceptors (Lipinski definition) is 4. The van der Waals surface area contributed by atoms with Crippen LogP contribution in [0, 0.1) is 12.7 Å². The van der Waals surface area contributed by atoms with Gasteiger partial charge in [-0.25, -0.2) is 9.07 Å². The summed E-state index contributed by atoms with van der Waals surface area (Å²) >= 11 is 0. The lowest BCUT2D eigenvalue weighted by Crippen LogP contribution is -2.39. The van der Waals surface area contributed by atoms with E-state index in [1.807, 2.05) is 6.07 Å². The molecular weight excluding hydrogens is 363 g/mol. The summed E-state index contributed by atoms with van der Waals surface area (Å²) in [6, 6.07) is 12.3. The number of anilines is 1. The van der Waals surface area contributed by atoms with Gasteiger partial charge in [0, 0.05) is 24.0 Å². The van der Waals surface area contributed by atoms with E-state index in [-0.39, 0.29) is 25.1 Å². The summed E-state index contributed by atoms with van der Waals surface area (Å²) in [5, 5.41) is 5.42. The van der Waals surface area contributed by atoms with E-state index >= 15 is 0 Å². The Labute approximate surface area is 160 Å². The van der Waals surface area contributed by atoms with Crippen LogP contribution in [-0.4, -0.2) is 28.1 Å². The molecule has 1 aromatic heterocycles. The van der Waals surface area contributed by atoms with Gasteiger partial charge in [-0.05, 0) is 37.3 Å². The quantitative estimate of drug-likeness (QED) is 0.702. The summed E-state index contributed by atoms with van der Waals surface area (Å²) in [5.74, 6) is -1.48. The fourth-order valence-corrected chi connectivity index (χ4v) is 2.97. The van der Waals surface area contributed by atoms with Crippen molar-refractivity contribution in [1.29, 1.82) is 0 Å². The number of benzene rings is 2. The number of amides is 2. The van der Waals surface area contributed by atoms with Crippen LogP contribution in [0.2, 0.25) is 0 Å². The second kappa shape index (κ2) is 7.99. The highest BCUT2D eigenvalue weighted by atomic mass is 19.1. The molecule has 2 N–H and O–H groups in total. The molecule has 0 unspecified atom stereocenters. The van der Waals surface area contributed by atoms with Crippen molar-refractivity contribution < 1.29 is 14.0 Å². The molecule has 0 aliphatic heterocycles. The summed E-state index contributed by atoms with van der Waals surface area (Å²) in [7, 11) is 0. The van der Waals surface area contributed by atoms with E-state index in [1.165, 1.54) is 29.2 Å². The lowest BCUT2D eigenvalue weighted by Gasteiger charge is -2.22. The van der Waals surface area contributed by atoms with Gasteiger partial charge >= 0.3 is 0 Å². The summed E-state index contributed by atoms with van der Waals surface area (Å²) < 4.78 is 14.3. The molecule has 28 heavy (non-hydrogen) atoms. The highest BCUT2D eigenvalue weighted by Gasteiger charge is 2.19. The van der Waals surface area contributed by atoms with Gasteiger partial charge in [0.25, 0.3) is 5.56 Å². The molecule has 144 valence electrons. The summed E-state index contributed by atoms with van der Waals surface area (Å²) in [6.45, 7) is 1.45. The van der Waals surface area contributed by atoms with Crippen molar-refractivity contribution in [3.8, 4) is 0 Å². The Morgan fingerprint density at radius 1 is 1.11 bits per heavy atom. The van der Waals surface area contributed by atoms with Crippen LogP contribution in [0.1, 0.15) is 12.1 Å². The number of carbonyl (C=O) groups excluding carboxylic acids is 2. The van der Waals surface area contributed by atoms with Gasteiger partial charge in [0.15, 0.2) is 0 Å². The molecule has 0 bridgehead atoms. The number of nitrogens with two attached hydrogens (primary N) is 1. The van der Waals surface area contributed by atoms with Gasteiger partial charge in [0.2, 0.25) is 11.8 Å². The standard InChI is InChI=1S/C20H19FN4O3/c1-13-16-4-2-3-5-17(16)20(28)25(23-13)12-19(27)24(11-10-18(22)26)15-8-6-14(21)7-9-15/h2-9H,10-12H2,1H3,(H2,22,26). The van der Waals surface area contributed by atoms with E-state index in [4.69, 9.17) is 5.73 Å². The Morgan fingerprint density at radius 3 is 2.39 bits per heavy atom. The van der Waals surface area contributed by atoms with Gasteiger partial charge in [-0.15, -0.1) is 0 Å². The fraction of sp³-hybridized carbons (Fsp3) is 0.200. The lowest BCUT2D eigenvalue weighted by molar-refractivity contribution is -0.119. The normalized spacial score (nSPS) is 10.8. The number of fused-ring (bicyclic) bond motifs is 1. The monoisotopic (exact) mass is 382 g/mol. The van der Waals surface area contributed by atoms with Crippen molar-refractivity contribution in [2.75, 3.05) is 11.4 Å². The number of rotatable bonds is 6. The number of carbonyl (C=O) groups is 2. The maximum Gasteiger partial charge on any atom is 0.275 e. The molecule has 0 aliphatic rings. The molecular formula is C20H19FN4O3. The second-order valence-corrected chi connectivity index (χ2v) is 6.33.